The van der Waals surface area contributed by atoms with Gasteiger partial charge in [-0.1, -0.05) is 19.3 Å². The van der Waals surface area contributed by atoms with E-state index < -0.39 is 11.6 Å². The van der Waals surface area contributed by atoms with Crippen molar-refractivity contribution < 1.29 is 13.5 Å². The first kappa shape index (κ1) is 13.0. The Hall–Kier alpha value is -1.00. The fourth-order valence-corrected chi connectivity index (χ4v) is 3.19. The number of benzene rings is 1. The smallest absolute Gasteiger partial charge is 0.129 e. The molecule has 19 heavy (non-hydrogen) atoms. The van der Waals surface area contributed by atoms with E-state index >= 15 is 0 Å². The first-order valence-corrected chi connectivity index (χ1v) is 7.00. The third-order valence-electron chi connectivity index (χ3n) is 4.34. The minimum Gasteiger partial charge on any atom is -0.370 e. The Morgan fingerprint density at radius 2 is 1.95 bits per heavy atom. The van der Waals surface area contributed by atoms with Crippen molar-refractivity contribution >= 4 is 0 Å². The molecule has 1 spiro atoms. The summed E-state index contributed by atoms with van der Waals surface area (Å²) in [6, 6.07) is 3.54. The summed E-state index contributed by atoms with van der Waals surface area (Å²) in [5, 5.41) is 3.52. The molecule has 1 unspecified atom stereocenters. The molecule has 104 valence electrons. The zero-order chi connectivity index (χ0) is 13.3. The SMILES string of the molecule is Fc1ccc(F)c(C2CNC3(CCCCC3)CO2)c1. The third-order valence-corrected chi connectivity index (χ3v) is 4.34. The quantitative estimate of drug-likeness (QED) is 0.842. The van der Waals surface area contributed by atoms with Crippen molar-refractivity contribution in [3.63, 3.8) is 0 Å². The summed E-state index contributed by atoms with van der Waals surface area (Å²) in [7, 11) is 0. The van der Waals surface area contributed by atoms with Crippen LogP contribution < -0.4 is 5.32 Å². The highest BCUT2D eigenvalue weighted by molar-refractivity contribution is 5.22. The van der Waals surface area contributed by atoms with E-state index in [-0.39, 0.29) is 11.6 Å². The summed E-state index contributed by atoms with van der Waals surface area (Å²) in [6.07, 6.45) is 5.57. The van der Waals surface area contributed by atoms with Gasteiger partial charge in [0.15, 0.2) is 0 Å². The van der Waals surface area contributed by atoms with Crippen molar-refractivity contribution in [1.82, 2.24) is 5.32 Å². The lowest BCUT2D eigenvalue weighted by Gasteiger charge is -2.43. The Morgan fingerprint density at radius 3 is 2.63 bits per heavy atom. The van der Waals surface area contributed by atoms with E-state index in [1.54, 1.807) is 0 Å². The van der Waals surface area contributed by atoms with Crippen LogP contribution in [0.3, 0.4) is 0 Å². The van der Waals surface area contributed by atoms with Gasteiger partial charge in [0, 0.05) is 17.6 Å². The van der Waals surface area contributed by atoms with Gasteiger partial charge in [0.2, 0.25) is 0 Å². The summed E-state index contributed by atoms with van der Waals surface area (Å²) in [4.78, 5) is 0. The third kappa shape index (κ3) is 2.65. The topological polar surface area (TPSA) is 21.3 Å². The Labute approximate surface area is 112 Å². The van der Waals surface area contributed by atoms with Crippen LogP contribution in [0.5, 0.6) is 0 Å². The van der Waals surface area contributed by atoms with E-state index in [1.807, 2.05) is 0 Å². The molecule has 0 aromatic heterocycles. The second kappa shape index (κ2) is 5.17. The molecule has 3 rings (SSSR count). The molecule has 2 nitrogen and oxygen atoms in total. The number of nitrogens with one attached hydrogen (secondary N) is 1. The predicted molar refractivity (Wildman–Crippen MR) is 68.9 cm³/mol. The second-order valence-electron chi connectivity index (χ2n) is 5.69. The van der Waals surface area contributed by atoms with Crippen molar-refractivity contribution in [3.05, 3.63) is 35.4 Å². The van der Waals surface area contributed by atoms with Crippen molar-refractivity contribution in [2.45, 2.75) is 43.7 Å². The van der Waals surface area contributed by atoms with Gasteiger partial charge in [0.25, 0.3) is 0 Å². The molecule has 1 saturated carbocycles. The molecular formula is C15H19F2NO. The van der Waals surface area contributed by atoms with Crippen LogP contribution in [-0.2, 0) is 4.74 Å². The minimum atomic E-state index is -0.419. The molecule has 1 N–H and O–H groups in total. The lowest BCUT2D eigenvalue weighted by Crippen LogP contribution is -2.55. The average Bonchev–Trinajstić information content (AvgIpc) is 2.44. The lowest BCUT2D eigenvalue weighted by molar-refractivity contribution is -0.0481. The van der Waals surface area contributed by atoms with Crippen molar-refractivity contribution in [2.75, 3.05) is 13.2 Å². The van der Waals surface area contributed by atoms with Crippen molar-refractivity contribution in [2.24, 2.45) is 0 Å². The highest BCUT2D eigenvalue weighted by atomic mass is 19.1. The molecule has 1 aliphatic carbocycles. The summed E-state index contributed by atoms with van der Waals surface area (Å²) in [5.41, 5.74) is 0.386. The molecule has 1 aromatic rings. The van der Waals surface area contributed by atoms with Crippen LogP contribution in [0.2, 0.25) is 0 Å². The number of halogens is 2. The Morgan fingerprint density at radius 1 is 1.16 bits per heavy atom. The number of rotatable bonds is 1. The zero-order valence-electron chi connectivity index (χ0n) is 10.9. The van der Waals surface area contributed by atoms with Gasteiger partial charge in [0.05, 0.1) is 12.7 Å². The molecule has 0 amide bonds. The Kier molecular flexibility index (Phi) is 3.54. The predicted octanol–water partition coefficient (Wildman–Crippen LogP) is 3.33. The van der Waals surface area contributed by atoms with Gasteiger partial charge in [-0.2, -0.15) is 0 Å². The molecule has 0 radical (unpaired) electrons. The van der Waals surface area contributed by atoms with Crippen LogP contribution in [0.1, 0.15) is 43.8 Å². The molecule has 4 heteroatoms. The fraction of sp³-hybridized carbons (Fsp3) is 0.600. The fourth-order valence-electron chi connectivity index (χ4n) is 3.19. The molecule has 1 aromatic carbocycles. The maximum absolute atomic E-state index is 13.7. The van der Waals surface area contributed by atoms with Crippen LogP contribution in [0.4, 0.5) is 8.78 Å². The lowest BCUT2D eigenvalue weighted by atomic mass is 9.81. The number of morpholine rings is 1. The Balaban J connectivity index is 1.71. The molecule has 1 saturated heterocycles. The highest BCUT2D eigenvalue weighted by Crippen LogP contribution is 2.34. The normalized spacial score (nSPS) is 26.5. The molecule has 1 aliphatic heterocycles. The van der Waals surface area contributed by atoms with Gasteiger partial charge in [-0.15, -0.1) is 0 Å². The molecular weight excluding hydrogens is 248 g/mol. The van der Waals surface area contributed by atoms with E-state index in [4.69, 9.17) is 4.74 Å². The van der Waals surface area contributed by atoms with Crippen molar-refractivity contribution in [1.29, 1.82) is 0 Å². The molecule has 2 aliphatic rings. The number of hydrogen-bond acceptors (Lipinski definition) is 2. The summed E-state index contributed by atoms with van der Waals surface area (Å²) in [6.45, 7) is 1.15. The van der Waals surface area contributed by atoms with Gasteiger partial charge in [-0.3, -0.25) is 0 Å². The van der Waals surface area contributed by atoms with E-state index in [9.17, 15) is 8.78 Å². The summed E-state index contributed by atoms with van der Waals surface area (Å²) in [5.74, 6) is -0.814. The van der Waals surface area contributed by atoms with Crippen molar-refractivity contribution in [3.8, 4) is 0 Å². The van der Waals surface area contributed by atoms with Gasteiger partial charge < -0.3 is 10.1 Å². The first-order chi connectivity index (χ1) is 9.19. The van der Waals surface area contributed by atoms with Crippen LogP contribution >= 0.6 is 0 Å². The Bertz CT molecular complexity index is 447. The highest BCUT2D eigenvalue weighted by Gasteiger charge is 2.37. The second-order valence-corrected chi connectivity index (χ2v) is 5.69. The van der Waals surface area contributed by atoms with Gasteiger partial charge >= 0.3 is 0 Å². The average molecular weight is 267 g/mol. The maximum atomic E-state index is 13.7. The van der Waals surface area contributed by atoms with E-state index in [0.717, 1.165) is 18.9 Å². The van der Waals surface area contributed by atoms with E-state index in [1.165, 1.54) is 31.4 Å². The molecule has 2 fully saturated rings. The molecule has 1 heterocycles. The van der Waals surface area contributed by atoms with E-state index in [2.05, 4.69) is 5.32 Å². The monoisotopic (exact) mass is 267 g/mol. The minimum absolute atomic E-state index is 0.0680. The molecule has 0 bridgehead atoms. The van der Waals surface area contributed by atoms with Crippen LogP contribution in [0.25, 0.3) is 0 Å². The van der Waals surface area contributed by atoms with Crippen LogP contribution in [-0.4, -0.2) is 18.7 Å². The zero-order valence-corrected chi connectivity index (χ0v) is 10.9. The summed E-state index contributed by atoms with van der Waals surface area (Å²) < 4.78 is 32.7. The van der Waals surface area contributed by atoms with Crippen LogP contribution in [0.15, 0.2) is 18.2 Å². The summed E-state index contributed by atoms with van der Waals surface area (Å²) >= 11 is 0. The first-order valence-electron chi connectivity index (χ1n) is 7.00. The molecule has 1 atom stereocenters. The largest absolute Gasteiger partial charge is 0.370 e. The van der Waals surface area contributed by atoms with Gasteiger partial charge in [-0.25, -0.2) is 8.78 Å². The van der Waals surface area contributed by atoms with E-state index in [0.29, 0.717) is 18.7 Å². The van der Waals surface area contributed by atoms with Gasteiger partial charge in [0.1, 0.15) is 11.6 Å². The van der Waals surface area contributed by atoms with Crippen LogP contribution in [0, 0.1) is 11.6 Å². The number of ether oxygens (including phenoxy) is 1. The maximum Gasteiger partial charge on any atom is 0.129 e. The number of hydrogen-bond donors (Lipinski definition) is 1. The standard InChI is InChI=1S/C15H19F2NO/c16-11-4-5-13(17)12(8-11)14-9-18-15(10-19-14)6-2-1-3-7-15/h4-5,8,14,18H,1-3,6-7,9-10H2. The van der Waals surface area contributed by atoms with Gasteiger partial charge in [-0.05, 0) is 31.0 Å².